The molecule has 7 heteroatoms. The minimum Gasteiger partial charge on any atom is -0.504 e. The summed E-state index contributed by atoms with van der Waals surface area (Å²) in [6, 6.07) is 11.5. The molecule has 0 radical (unpaired) electrons. The monoisotopic (exact) mass is 389 g/mol. The van der Waals surface area contributed by atoms with E-state index in [4.69, 9.17) is 9.47 Å². The molecule has 0 heterocycles. The summed E-state index contributed by atoms with van der Waals surface area (Å²) >= 11 is 0. The first-order chi connectivity index (χ1) is 13.5. The van der Waals surface area contributed by atoms with Crippen LogP contribution in [0, 0.1) is 5.82 Å². The molecule has 1 atom stereocenters. The lowest BCUT2D eigenvalue weighted by atomic mass is 10.2. The molecule has 3 N–H and O–H groups in total. The number of guanidine groups is 1. The van der Waals surface area contributed by atoms with Crippen LogP contribution in [-0.2, 0) is 6.54 Å². The second-order valence-electron chi connectivity index (χ2n) is 6.17. The van der Waals surface area contributed by atoms with Gasteiger partial charge in [0.25, 0.3) is 0 Å². The molecule has 0 bridgehead atoms. The third-order valence-corrected chi connectivity index (χ3v) is 3.81. The Labute approximate surface area is 165 Å². The van der Waals surface area contributed by atoms with E-state index in [1.165, 1.54) is 6.07 Å². The van der Waals surface area contributed by atoms with Crippen LogP contribution >= 0.6 is 0 Å². The summed E-state index contributed by atoms with van der Waals surface area (Å²) in [6.07, 6.45) is -0.251. The number of phenolic OH excluding ortho intramolecular Hbond substituents is 1. The number of nitrogens with one attached hydrogen (secondary N) is 2. The van der Waals surface area contributed by atoms with Crippen LogP contribution in [0.2, 0.25) is 0 Å². The van der Waals surface area contributed by atoms with Gasteiger partial charge in [-0.15, -0.1) is 0 Å². The highest BCUT2D eigenvalue weighted by Gasteiger charge is 2.09. The van der Waals surface area contributed by atoms with Crippen molar-refractivity contribution < 1.29 is 19.0 Å². The average Bonchev–Trinajstić information content (AvgIpc) is 2.68. The number of benzene rings is 2. The predicted molar refractivity (Wildman–Crippen MR) is 109 cm³/mol. The number of halogens is 1. The Morgan fingerprint density at radius 1 is 1.14 bits per heavy atom. The largest absolute Gasteiger partial charge is 0.504 e. The molecule has 0 aliphatic heterocycles. The van der Waals surface area contributed by atoms with E-state index in [1.54, 1.807) is 36.4 Å². The van der Waals surface area contributed by atoms with Gasteiger partial charge in [-0.2, -0.15) is 0 Å². The summed E-state index contributed by atoms with van der Waals surface area (Å²) in [5.74, 6) is 1.02. The predicted octanol–water partition coefficient (Wildman–Crippen LogP) is 3.45. The fraction of sp³-hybridized carbons (Fsp3) is 0.381. The molecule has 2 aromatic rings. The second-order valence-corrected chi connectivity index (χ2v) is 6.17. The first-order valence-corrected chi connectivity index (χ1v) is 9.41. The van der Waals surface area contributed by atoms with Crippen molar-refractivity contribution in [2.24, 2.45) is 4.99 Å². The molecular formula is C21H28FN3O3. The number of rotatable bonds is 9. The van der Waals surface area contributed by atoms with Gasteiger partial charge in [-0.3, -0.25) is 0 Å². The fourth-order valence-corrected chi connectivity index (χ4v) is 2.48. The van der Waals surface area contributed by atoms with Gasteiger partial charge < -0.3 is 25.2 Å². The summed E-state index contributed by atoms with van der Waals surface area (Å²) < 4.78 is 24.7. The van der Waals surface area contributed by atoms with Crippen LogP contribution in [0.25, 0.3) is 0 Å². The van der Waals surface area contributed by atoms with Crippen LogP contribution in [0.1, 0.15) is 26.3 Å². The minimum atomic E-state index is -0.382. The van der Waals surface area contributed by atoms with Gasteiger partial charge in [0.2, 0.25) is 0 Å². The molecule has 28 heavy (non-hydrogen) atoms. The van der Waals surface area contributed by atoms with Crippen molar-refractivity contribution in [3.8, 4) is 17.2 Å². The topological polar surface area (TPSA) is 75.1 Å². The zero-order chi connectivity index (χ0) is 20.4. The van der Waals surface area contributed by atoms with Gasteiger partial charge in [0, 0.05) is 6.54 Å². The lowest BCUT2D eigenvalue weighted by Crippen LogP contribution is -2.41. The molecule has 0 aliphatic carbocycles. The Kier molecular flexibility index (Phi) is 8.39. The maximum Gasteiger partial charge on any atom is 0.191 e. The molecule has 0 saturated heterocycles. The van der Waals surface area contributed by atoms with Crippen molar-refractivity contribution in [3.05, 3.63) is 53.8 Å². The number of aromatic hydroxyl groups is 1. The van der Waals surface area contributed by atoms with Gasteiger partial charge in [0.05, 0.1) is 19.7 Å². The highest BCUT2D eigenvalue weighted by atomic mass is 19.1. The molecule has 0 aromatic heterocycles. The van der Waals surface area contributed by atoms with Gasteiger partial charge in [-0.1, -0.05) is 18.2 Å². The molecule has 0 saturated carbocycles. The zero-order valence-electron chi connectivity index (χ0n) is 16.5. The number of ether oxygens (including phenoxy) is 2. The SMILES string of the molecule is CCNC(=NCc1ccc(O)c(OCC)c1)NCC(C)Oc1ccccc1F. The van der Waals surface area contributed by atoms with E-state index >= 15 is 0 Å². The molecule has 0 amide bonds. The van der Waals surface area contributed by atoms with E-state index < -0.39 is 0 Å². The van der Waals surface area contributed by atoms with Crippen LogP contribution in [0.5, 0.6) is 17.2 Å². The number of nitrogens with zero attached hydrogens (tertiary/aromatic N) is 1. The van der Waals surface area contributed by atoms with Crippen molar-refractivity contribution in [3.63, 3.8) is 0 Å². The smallest absolute Gasteiger partial charge is 0.191 e. The lowest BCUT2D eigenvalue weighted by molar-refractivity contribution is 0.214. The summed E-state index contributed by atoms with van der Waals surface area (Å²) in [5, 5.41) is 16.1. The summed E-state index contributed by atoms with van der Waals surface area (Å²) in [5.41, 5.74) is 0.911. The van der Waals surface area contributed by atoms with Crippen molar-refractivity contribution in [1.82, 2.24) is 10.6 Å². The maximum atomic E-state index is 13.7. The standard InChI is InChI=1S/C21H28FN3O3/c1-4-23-21(24-13-15(3)28-19-9-7-6-8-17(19)22)25-14-16-10-11-18(26)20(12-16)27-5-2/h6-12,15,26H,4-5,13-14H2,1-3H3,(H2,23,24,25). The van der Waals surface area contributed by atoms with Crippen molar-refractivity contribution in [2.75, 3.05) is 19.7 Å². The van der Waals surface area contributed by atoms with Crippen molar-refractivity contribution >= 4 is 5.96 Å². The Balaban J connectivity index is 1.94. The van der Waals surface area contributed by atoms with Crippen molar-refractivity contribution in [1.29, 1.82) is 0 Å². The van der Waals surface area contributed by atoms with Crippen LogP contribution < -0.4 is 20.1 Å². The van der Waals surface area contributed by atoms with Gasteiger partial charge in [-0.05, 0) is 50.6 Å². The van der Waals surface area contributed by atoms with Crippen LogP contribution in [-0.4, -0.2) is 36.9 Å². The third kappa shape index (κ3) is 6.64. The number of hydrogen-bond donors (Lipinski definition) is 3. The quantitative estimate of drug-likeness (QED) is 0.452. The Bertz CT molecular complexity index is 783. The first kappa shape index (κ1) is 21.3. The van der Waals surface area contributed by atoms with Crippen LogP contribution in [0.3, 0.4) is 0 Å². The van der Waals surface area contributed by atoms with Gasteiger partial charge in [0.15, 0.2) is 29.0 Å². The normalized spacial score (nSPS) is 12.4. The molecule has 1 unspecified atom stereocenters. The Morgan fingerprint density at radius 3 is 2.64 bits per heavy atom. The van der Waals surface area contributed by atoms with Crippen LogP contribution in [0.15, 0.2) is 47.5 Å². The summed E-state index contributed by atoms with van der Waals surface area (Å²) in [4.78, 5) is 4.54. The number of hydrogen-bond acceptors (Lipinski definition) is 4. The van der Waals surface area contributed by atoms with Crippen LogP contribution in [0.4, 0.5) is 4.39 Å². The van der Waals surface area contributed by atoms with Gasteiger partial charge in [-0.25, -0.2) is 9.38 Å². The maximum absolute atomic E-state index is 13.7. The molecule has 2 rings (SSSR count). The molecule has 2 aromatic carbocycles. The summed E-state index contributed by atoms with van der Waals surface area (Å²) in [7, 11) is 0. The lowest BCUT2D eigenvalue weighted by Gasteiger charge is -2.18. The summed E-state index contributed by atoms with van der Waals surface area (Å²) in [6.45, 7) is 7.75. The fourth-order valence-electron chi connectivity index (χ4n) is 2.48. The van der Waals surface area contributed by atoms with E-state index in [0.29, 0.717) is 38.0 Å². The van der Waals surface area contributed by atoms with E-state index in [2.05, 4.69) is 15.6 Å². The molecule has 0 fully saturated rings. The highest BCUT2D eigenvalue weighted by Crippen LogP contribution is 2.27. The first-order valence-electron chi connectivity index (χ1n) is 9.41. The molecule has 6 nitrogen and oxygen atoms in total. The van der Waals surface area contributed by atoms with E-state index in [9.17, 15) is 9.50 Å². The molecule has 152 valence electrons. The molecule has 0 aliphatic rings. The molecule has 0 spiro atoms. The zero-order valence-corrected chi connectivity index (χ0v) is 16.5. The average molecular weight is 389 g/mol. The number of aliphatic imine (C=N–C) groups is 1. The third-order valence-electron chi connectivity index (χ3n) is 3.81. The number of phenols is 1. The van der Waals surface area contributed by atoms with E-state index in [1.807, 2.05) is 20.8 Å². The number of para-hydroxylation sites is 1. The highest BCUT2D eigenvalue weighted by molar-refractivity contribution is 5.79. The Morgan fingerprint density at radius 2 is 1.93 bits per heavy atom. The van der Waals surface area contributed by atoms with Gasteiger partial charge in [0.1, 0.15) is 6.10 Å². The van der Waals surface area contributed by atoms with E-state index in [0.717, 1.165) is 5.56 Å². The molecular weight excluding hydrogens is 361 g/mol. The van der Waals surface area contributed by atoms with E-state index in [-0.39, 0.29) is 23.4 Å². The second kappa shape index (κ2) is 11.0. The van der Waals surface area contributed by atoms with Crippen molar-refractivity contribution in [2.45, 2.75) is 33.4 Å². The Hall–Kier alpha value is -2.96. The van der Waals surface area contributed by atoms with Gasteiger partial charge >= 0.3 is 0 Å². The minimum absolute atomic E-state index is 0.110.